The number of carbonyl (C=O) groups is 2. The minimum atomic E-state index is -1.15. The maximum atomic E-state index is 13.6. The van der Waals surface area contributed by atoms with Crippen LogP contribution >= 0.6 is 0 Å². The second-order valence-electron chi connectivity index (χ2n) is 7.88. The summed E-state index contributed by atoms with van der Waals surface area (Å²) in [5, 5.41) is 14.9. The van der Waals surface area contributed by atoms with E-state index in [9.17, 15) is 19.1 Å². The summed E-state index contributed by atoms with van der Waals surface area (Å²) in [6, 6.07) is 4.73. The predicted octanol–water partition coefficient (Wildman–Crippen LogP) is 0.189. The molecule has 1 aromatic carbocycles. The van der Waals surface area contributed by atoms with E-state index < -0.39 is 17.8 Å². The summed E-state index contributed by atoms with van der Waals surface area (Å²) in [5.74, 6) is -1.13. The number of methoxy groups -OCH3 is 1. The molecule has 2 saturated heterocycles. The van der Waals surface area contributed by atoms with Gasteiger partial charge < -0.3 is 25.0 Å². The molecular formula is C20H29FN4O4. The topological polar surface area (TPSA) is 94.1 Å². The largest absolute Gasteiger partial charge is 0.382 e. The lowest BCUT2D eigenvalue weighted by Crippen LogP contribution is -2.55. The zero-order valence-electron chi connectivity index (χ0n) is 17.1. The number of aliphatic hydroxyl groups excluding tert-OH is 1. The molecule has 1 aromatic rings. The van der Waals surface area contributed by atoms with Crippen LogP contribution in [0, 0.1) is 18.7 Å². The first-order valence-electron chi connectivity index (χ1n) is 9.81. The SMILES string of the molecule is COCC1(CC(C)C(=O)N2CCN(c3cc(F)ccc3C)CC2)NC(O)NC1=O. The second-order valence-corrected chi connectivity index (χ2v) is 7.88. The van der Waals surface area contributed by atoms with Crippen LogP contribution in [0.5, 0.6) is 0 Å². The van der Waals surface area contributed by atoms with Gasteiger partial charge in [-0.3, -0.25) is 14.9 Å². The summed E-state index contributed by atoms with van der Waals surface area (Å²) in [6.07, 6.45) is -0.941. The van der Waals surface area contributed by atoms with Crippen molar-refractivity contribution in [1.82, 2.24) is 15.5 Å². The molecule has 3 rings (SSSR count). The van der Waals surface area contributed by atoms with E-state index in [0.29, 0.717) is 26.2 Å². The molecule has 0 radical (unpaired) electrons. The Morgan fingerprint density at radius 1 is 1.38 bits per heavy atom. The Morgan fingerprint density at radius 3 is 2.66 bits per heavy atom. The highest BCUT2D eigenvalue weighted by Gasteiger charge is 2.48. The number of anilines is 1. The Kier molecular flexibility index (Phi) is 6.40. The summed E-state index contributed by atoms with van der Waals surface area (Å²) in [5.41, 5.74) is 0.715. The van der Waals surface area contributed by atoms with Gasteiger partial charge in [-0.15, -0.1) is 0 Å². The molecule has 3 N–H and O–H groups in total. The second kappa shape index (κ2) is 8.64. The number of benzene rings is 1. The molecule has 2 aliphatic rings. The van der Waals surface area contributed by atoms with Gasteiger partial charge in [-0.05, 0) is 31.0 Å². The highest BCUT2D eigenvalue weighted by atomic mass is 19.1. The third-order valence-corrected chi connectivity index (χ3v) is 5.69. The molecule has 0 aromatic heterocycles. The lowest BCUT2D eigenvalue weighted by molar-refractivity contribution is -0.137. The highest BCUT2D eigenvalue weighted by Crippen LogP contribution is 2.26. The molecule has 2 amide bonds. The first-order chi connectivity index (χ1) is 13.8. The summed E-state index contributed by atoms with van der Waals surface area (Å²) < 4.78 is 18.8. The van der Waals surface area contributed by atoms with Crippen molar-refractivity contribution in [1.29, 1.82) is 0 Å². The molecule has 0 bridgehead atoms. The minimum Gasteiger partial charge on any atom is -0.382 e. The average molecular weight is 408 g/mol. The van der Waals surface area contributed by atoms with Crippen molar-refractivity contribution in [2.24, 2.45) is 5.92 Å². The van der Waals surface area contributed by atoms with E-state index in [4.69, 9.17) is 4.74 Å². The number of aliphatic hydroxyl groups is 1. The van der Waals surface area contributed by atoms with E-state index in [1.807, 2.05) is 6.92 Å². The maximum Gasteiger partial charge on any atom is 0.245 e. The van der Waals surface area contributed by atoms with Crippen LogP contribution in [0.4, 0.5) is 10.1 Å². The molecule has 8 nitrogen and oxygen atoms in total. The normalized spacial score (nSPS) is 25.8. The molecule has 3 unspecified atom stereocenters. The number of hydrogen-bond donors (Lipinski definition) is 3. The van der Waals surface area contributed by atoms with Gasteiger partial charge in [0.05, 0.1) is 6.61 Å². The monoisotopic (exact) mass is 408 g/mol. The van der Waals surface area contributed by atoms with Crippen molar-refractivity contribution in [3.05, 3.63) is 29.6 Å². The number of nitrogens with one attached hydrogen (secondary N) is 2. The molecule has 0 saturated carbocycles. The minimum absolute atomic E-state index is 0.0490. The fourth-order valence-corrected chi connectivity index (χ4v) is 4.20. The Labute approximate surface area is 170 Å². The van der Waals surface area contributed by atoms with Crippen LogP contribution in [0.1, 0.15) is 18.9 Å². The molecule has 2 heterocycles. The zero-order valence-corrected chi connectivity index (χ0v) is 17.1. The lowest BCUT2D eigenvalue weighted by atomic mass is 9.88. The summed E-state index contributed by atoms with van der Waals surface area (Å²) >= 11 is 0. The summed E-state index contributed by atoms with van der Waals surface area (Å²) in [4.78, 5) is 29.1. The fraction of sp³-hybridized carbons (Fsp3) is 0.600. The standard InChI is InChI=1S/C20H29FN4O4/c1-13-4-5-15(21)10-16(13)24-6-8-25(9-7-24)17(26)14(2)11-20(12-29-3)18(27)22-19(28)23-20/h4-5,10,14,19,23,28H,6-9,11-12H2,1-3H3,(H,22,27). The number of nitrogens with zero attached hydrogens (tertiary/aromatic N) is 2. The molecule has 0 spiro atoms. The van der Waals surface area contributed by atoms with Gasteiger partial charge in [0.15, 0.2) is 6.35 Å². The Hall–Kier alpha value is -2.23. The van der Waals surface area contributed by atoms with Crippen LogP contribution in [0.15, 0.2) is 18.2 Å². The third kappa shape index (κ3) is 4.52. The van der Waals surface area contributed by atoms with E-state index in [2.05, 4.69) is 15.5 Å². The molecule has 9 heteroatoms. The van der Waals surface area contributed by atoms with Crippen LogP contribution in [-0.4, -0.2) is 73.6 Å². The van der Waals surface area contributed by atoms with Crippen LogP contribution in [0.2, 0.25) is 0 Å². The smallest absolute Gasteiger partial charge is 0.245 e. The number of ether oxygens (including phenoxy) is 1. The van der Waals surface area contributed by atoms with Gasteiger partial charge >= 0.3 is 0 Å². The van der Waals surface area contributed by atoms with Crippen molar-refractivity contribution in [2.75, 3.05) is 44.8 Å². The van der Waals surface area contributed by atoms with Crippen molar-refractivity contribution in [3.8, 4) is 0 Å². The van der Waals surface area contributed by atoms with Crippen LogP contribution in [-0.2, 0) is 14.3 Å². The molecule has 3 atom stereocenters. The predicted molar refractivity (Wildman–Crippen MR) is 106 cm³/mol. The van der Waals surface area contributed by atoms with Gasteiger partial charge in [-0.1, -0.05) is 13.0 Å². The van der Waals surface area contributed by atoms with E-state index in [1.165, 1.54) is 19.2 Å². The van der Waals surface area contributed by atoms with Crippen molar-refractivity contribution < 1.29 is 23.8 Å². The quantitative estimate of drug-likeness (QED) is 0.622. The number of hydrogen-bond acceptors (Lipinski definition) is 6. The van der Waals surface area contributed by atoms with Crippen LogP contribution in [0.3, 0.4) is 0 Å². The van der Waals surface area contributed by atoms with Crippen LogP contribution in [0.25, 0.3) is 0 Å². The number of rotatable bonds is 6. The van der Waals surface area contributed by atoms with Crippen molar-refractivity contribution >= 4 is 17.5 Å². The average Bonchev–Trinajstić information content (AvgIpc) is 2.96. The Balaban J connectivity index is 1.61. The summed E-state index contributed by atoms with van der Waals surface area (Å²) in [7, 11) is 1.47. The van der Waals surface area contributed by atoms with E-state index in [1.54, 1.807) is 17.9 Å². The van der Waals surface area contributed by atoms with Gasteiger partial charge in [0.2, 0.25) is 11.8 Å². The highest BCUT2D eigenvalue weighted by molar-refractivity contribution is 5.90. The number of carbonyl (C=O) groups excluding carboxylic acids is 2. The van der Waals surface area contributed by atoms with Gasteiger partial charge in [0.25, 0.3) is 0 Å². The third-order valence-electron chi connectivity index (χ3n) is 5.69. The fourth-order valence-electron chi connectivity index (χ4n) is 4.20. The number of amides is 2. The Morgan fingerprint density at radius 2 is 2.07 bits per heavy atom. The van der Waals surface area contributed by atoms with Gasteiger partial charge in [-0.25, -0.2) is 4.39 Å². The van der Waals surface area contributed by atoms with Crippen molar-refractivity contribution in [3.63, 3.8) is 0 Å². The number of halogens is 1. The maximum absolute atomic E-state index is 13.6. The molecular weight excluding hydrogens is 379 g/mol. The first-order valence-corrected chi connectivity index (χ1v) is 9.81. The molecule has 160 valence electrons. The zero-order chi connectivity index (χ0) is 21.2. The number of piperazine rings is 1. The Bertz CT molecular complexity index is 769. The summed E-state index contributed by atoms with van der Waals surface area (Å²) in [6.45, 7) is 6.06. The molecule has 2 fully saturated rings. The first kappa shape index (κ1) is 21.5. The van der Waals surface area contributed by atoms with E-state index >= 15 is 0 Å². The van der Waals surface area contributed by atoms with Gasteiger partial charge in [-0.2, -0.15) is 0 Å². The molecule has 2 aliphatic heterocycles. The van der Waals surface area contributed by atoms with E-state index in [0.717, 1.165) is 11.3 Å². The van der Waals surface area contributed by atoms with Gasteiger partial charge in [0, 0.05) is 44.9 Å². The van der Waals surface area contributed by atoms with E-state index in [-0.39, 0.29) is 30.7 Å². The van der Waals surface area contributed by atoms with Crippen LogP contribution < -0.4 is 15.5 Å². The van der Waals surface area contributed by atoms with Gasteiger partial charge in [0.1, 0.15) is 11.4 Å². The lowest BCUT2D eigenvalue weighted by Gasteiger charge is -2.38. The molecule has 0 aliphatic carbocycles. The number of aryl methyl sites for hydroxylation is 1. The molecule has 29 heavy (non-hydrogen) atoms. The van der Waals surface area contributed by atoms with Crippen molar-refractivity contribution in [2.45, 2.75) is 32.2 Å².